The van der Waals surface area contributed by atoms with E-state index < -0.39 is 0 Å². The Kier molecular flexibility index (Phi) is 2.43. The smallest absolute Gasteiger partial charge is 0.0268 e. The molecule has 1 nitrogen and oxygen atoms in total. The third-order valence-electron chi connectivity index (χ3n) is 2.75. The van der Waals surface area contributed by atoms with Crippen molar-refractivity contribution in [3.05, 3.63) is 33.3 Å². The second-order valence-corrected chi connectivity index (χ2v) is 4.59. The lowest BCUT2D eigenvalue weighted by Crippen LogP contribution is -2.08. The van der Waals surface area contributed by atoms with Gasteiger partial charge in [-0.05, 0) is 48.9 Å². The summed E-state index contributed by atoms with van der Waals surface area (Å²) in [7, 11) is 0. The second-order valence-electron chi connectivity index (χ2n) is 3.74. The van der Waals surface area contributed by atoms with Crippen molar-refractivity contribution in [2.75, 3.05) is 0 Å². The lowest BCUT2D eigenvalue weighted by atomic mass is 9.99. The van der Waals surface area contributed by atoms with E-state index in [1.165, 1.54) is 40.4 Å². The Morgan fingerprint density at radius 2 is 2.00 bits per heavy atom. The van der Waals surface area contributed by atoms with E-state index in [0.29, 0.717) is 0 Å². The Hall–Kier alpha value is -0.340. The van der Waals surface area contributed by atoms with Crippen LogP contribution in [0.2, 0.25) is 0 Å². The standard InChI is InChI=1S/C11H14BrN/c1-7(13)8-5-6-11(12)10-4-2-3-9(8)10/h5-7H,2-4,13H2,1H3. The van der Waals surface area contributed by atoms with Crippen molar-refractivity contribution in [2.45, 2.75) is 32.2 Å². The SMILES string of the molecule is CC(N)c1ccc(Br)c2c1CCC2. The minimum absolute atomic E-state index is 0.167. The van der Waals surface area contributed by atoms with Crippen molar-refractivity contribution in [1.29, 1.82) is 0 Å². The molecule has 0 saturated carbocycles. The summed E-state index contributed by atoms with van der Waals surface area (Å²) < 4.78 is 1.25. The number of fused-ring (bicyclic) bond motifs is 1. The topological polar surface area (TPSA) is 26.0 Å². The molecule has 70 valence electrons. The van der Waals surface area contributed by atoms with E-state index in [1.54, 1.807) is 0 Å². The maximum Gasteiger partial charge on any atom is 0.0268 e. The van der Waals surface area contributed by atoms with Gasteiger partial charge in [-0.2, -0.15) is 0 Å². The molecule has 0 aromatic heterocycles. The molecule has 0 heterocycles. The van der Waals surface area contributed by atoms with Crippen molar-refractivity contribution in [2.24, 2.45) is 5.73 Å². The fourth-order valence-corrected chi connectivity index (χ4v) is 2.69. The van der Waals surface area contributed by atoms with Gasteiger partial charge in [-0.25, -0.2) is 0 Å². The van der Waals surface area contributed by atoms with Crippen molar-refractivity contribution < 1.29 is 0 Å². The third-order valence-corrected chi connectivity index (χ3v) is 3.50. The molecule has 0 spiro atoms. The highest BCUT2D eigenvalue weighted by molar-refractivity contribution is 9.10. The van der Waals surface area contributed by atoms with Crippen molar-refractivity contribution in [3.63, 3.8) is 0 Å². The molecule has 0 bridgehead atoms. The second kappa shape index (κ2) is 3.43. The van der Waals surface area contributed by atoms with Crippen LogP contribution in [-0.2, 0) is 12.8 Å². The zero-order valence-corrected chi connectivity index (χ0v) is 9.39. The summed E-state index contributed by atoms with van der Waals surface area (Å²) in [4.78, 5) is 0. The first-order chi connectivity index (χ1) is 6.20. The highest BCUT2D eigenvalue weighted by Crippen LogP contribution is 2.33. The van der Waals surface area contributed by atoms with E-state index >= 15 is 0 Å². The van der Waals surface area contributed by atoms with E-state index in [4.69, 9.17) is 5.73 Å². The van der Waals surface area contributed by atoms with Gasteiger partial charge in [-0.1, -0.05) is 22.0 Å². The highest BCUT2D eigenvalue weighted by Gasteiger charge is 2.18. The summed E-state index contributed by atoms with van der Waals surface area (Å²) in [6.45, 7) is 2.06. The Labute approximate surface area is 87.5 Å². The third kappa shape index (κ3) is 1.53. The maximum atomic E-state index is 5.92. The summed E-state index contributed by atoms with van der Waals surface area (Å²) in [5.41, 5.74) is 10.2. The van der Waals surface area contributed by atoms with Gasteiger partial charge >= 0.3 is 0 Å². The molecule has 0 amide bonds. The normalized spacial score (nSPS) is 17.2. The molecule has 0 saturated heterocycles. The molecule has 2 heteroatoms. The van der Waals surface area contributed by atoms with E-state index in [1.807, 2.05) is 0 Å². The first-order valence-corrected chi connectivity index (χ1v) is 5.55. The van der Waals surface area contributed by atoms with Gasteiger partial charge in [0.15, 0.2) is 0 Å². The van der Waals surface area contributed by atoms with Crippen LogP contribution in [0.4, 0.5) is 0 Å². The van der Waals surface area contributed by atoms with Crippen LogP contribution in [-0.4, -0.2) is 0 Å². The minimum atomic E-state index is 0.167. The van der Waals surface area contributed by atoms with Gasteiger partial charge in [-0.15, -0.1) is 0 Å². The Morgan fingerprint density at radius 1 is 1.31 bits per heavy atom. The van der Waals surface area contributed by atoms with Crippen LogP contribution in [0.15, 0.2) is 16.6 Å². The van der Waals surface area contributed by atoms with E-state index in [2.05, 4.69) is 35.0 Å². The summed E-state index contributed by atoms with van der Waals surface area (Å²) >= 11 is 3.59. The molecule has 2 N–H and O–H groups in total. The van der Waals surface area contributed by atoms with Gasteiger partial charge in [0, 0.05) is 10.5 Å². The average Bonchev–Trinajstić information content (AvgIpc) is 2.53. The Balaban J connectivity index is 2.56. The van der Waals surface area contributed by atoms with Crippen LogP contribution in [0.25, 0.3) is 0 Å². The number of rotatable bonds is 1. The molecule has 0 fully saturated rings. The van der Waals surface area contributed by atoms with Gasteiger partial charge < -0.3 is 5.73 Å². The lowest BCUT2D eigenvalue weighted by molar-refractivity contribution is 0.799. The summed E-state index contributed by atoms with van der Waals surface area (Å²) in [5.74, 6) is 0. The van der Waals surface area contributed by atoms with Crippen LogP contribution >= 0.6 is 15.9 Å². The summed E-state index contributed by atoms with van der Waals surface area (Å²) in [6.07, 6.45) is 3.68. The maximum absolute atomic E-state index is 5.92. The molecule has 0 aliphatic heterocycles. The van der Waals surface area contributed by atoms with Crippen LogP contribution < -0.4 is 5.73 Å². The molecular weight excluding hydrogens is 226 g/mol. The number of hydrogen-bond donors (Lipinski definition) is 1. The van der Waals surface area contributed by atoms with E-state index in [-0.39, 0.29) is 6.04 Å². The zero-order chi connectivity index (χ0) is 9.42. The monoisotopic (exact) mass is 239 g/mol. The van der Waals surface area contributed by atoms with Gasteiger partial charge in [0.25, 0.3) is 0 Å². The van der Waals surface area contributed by atoms with E-state index in [9.17, 15) is 0 Å². The molecule has 1 aromatic rings. The molecule has 1 aromatic carbocycles. The number of benzene rings is 1. The largest absolute Gasteiger partial charge is 0.324 e. The van der Waals surface area contributed by atoms with Crippen molar-refractivity contribution >= 4 is 15.9 Å². The molecule has 1 atom stereocenters. The minimum Gasteiger partial charge on any atom is -0.324 e. The van der Waals surface area contributed by atoms with Gasteiger partial charge in [0.1, 0.15) is 0 Å². The molecule has 0 radical (unpaired) electrons. The summed E-state index contributed by atoms with van der Waals surface area (Å²) in [5, 5.41) is 0. The van der Waals surface area contributed by atoms with Crippen LogP contribution in [0.5, 0.6) is 0 Å². The fraction of sp³-hybridized carbons (Fsp3) is 0.455. The number of nitrogens with two attached hydrogens (primary N) is 1. The Bertz CT molecular complexity index is 331. The van der Waals surface area contributed by atoms with Crippen molar-refractivity contribution in [3.8, 4) is 0 Å². The predicted octanol–water partition coefficient (Wildman–Crippen LogP) is 2.96. The van der Waals surface area contributed by atoms with Gasteiger partial charge in [-0.3, -0.25) is 0 Å². The van der Waals surface area contributed by atoms with Crippen molar-refractivity contribution in [1.82, 2.24) is 0 Å². The average molecular weight is 240 g/mol. The fourth-order valence-electron chi connectivity index (χ4n) is 2.12. The van der Waals surface area contributed by atoms with Gasteiger partial charge in [0.2, 0.25) is 0 Å². The predicted molar refractivity (Wildman–Crippen MR) is 58.8 cm³/mol. The molecule has 13 heavy (non-hydrogen) atoms. The van der Waals surface area contributed by atoms with Gasteiger partial charge in [0.05, 0.1) is 0 Å². The highest BCUT2D eigenvalue weighted by atomic mass is 79.9. The molecular formula is C11H14BrN. The van der Waals surface area contributed by atoms with Crippen LogP contribution in [0, 0.1) is 0 Å². The molecule has 1 aliphatic rings. The van der Waals surface area contributed by atoms with Crippen LogP contribution in [0.3, 0.4) is 0 Å². The Morgan fingerprint density at radius 3 is 2.69 bits per heavy atom. The molecule has 1 aliphatic carbocycles. The first-order valence-electron chi connectivity index (χ1n) is 4.76. The van der Waals surface area contributed by atoms with E-state index in [0.717, 1.165) is 0 Å². The molecule has 1 unspecified atom stereocenters. The summed E-state index contributed by atoms with van der Waals surface area (Å²) in [6, 6.07) is 4.45. The lowest BCUT2D eigenvalue weighted by Gasteiger charge is -2.12. The number of hydrogen-bond acceptors (Lipinski definition) is 1. The quantitative estimate of drug-likeness (QED) is 0.802. The number of halogens is 1. The zero-order valence-electron chi connectivity index (χ0n) is 7.81. The molecule has 2 rings (SSSR count). The first kappa shape index (κ1) is 9.22. The van der Waals surface area contributed by atoms with Crippen LogP contribution in [0.1, 0.15) is 36.1 Å².